The predicted octanol–water partition coefficient (Wildman–Crippen LogP) is 5.62. The SMILES string of the molecule is CCCCNc1ccc(-c2nc(NC)c(C=CC=C(C(C)=N)C(C)=N)s2)c(F)n1. The van der Waals surface area contributed by atoms with Crippen molar-refractivity contribution in [1.29, 1.82) is 10.8 Å². The fourth-order valence-corrected chi connectivity index (χ4v) is 3.59. The average Bonchev–Trinajstić information content (AvgIpc) is 3.07. The van der Waals surface area contributed by atoms with E-state index >= 15 is 0 Å². The lowest BCUT2D eigenvalue weighted by Crippen LogP contribution is -2.04. The lowest BCUT2D eigenvalue weighted by Gasteiger charge is -2.05. The van der Waals surface area contributed by atoms with E-state index in [1.807, 2.05) is 6.08 Å². The maximum absolute atomic E-state index is 14.5. The summed E-state index contributed by atoms with van der Waals surface area (Å²) in [5.74, 6) is 0.602. The first kappa shape index (κ1) is 22.4. The fraction of sp³-hybridized carbons (Fsp3) is 0.333. The molecule has 6 nitrogen and oxygen atoms in total. The lowest BCUT2D eigenvalue weighted by molar-refractivity contribution is 0.588. The van der Waals surface area contributed by atoms with Crippen molar-refractivity contribution >= 4 is 40.5 Å². The van der Waals surface area contributed by atoms with Gasteiger partial charge in [0.25, 0.3) is 0 Å². The second-order valence-electron chi connectivity index (χ2n) is 6.49. The third kappa shape index (κ3) is 6.05. The number of allylic oxidation sites excluding steroid dienone is 3. The van der Waals surface area contributed by atoms with E-state index in [9.17, 15) is 4.39 Å². The first-order valence-corrected chi connectivity index (χ1v) is 10.3. The summed E-state index contributed by atoms with van der Waals surface area (Å²) in [5.41, 5.74) is 1.59. The molecule has 0 radical (unpaired) electrons. The summed E-state index contributed by atoms with van der Waals surface area (Å²) < 4.78 is 14.5. The third-order valence-corrected chi connectivity index (χ3v) is 5.18. The Kier molecular flexibility index (Phi) is 8.21. The van der Waals surface area contributed by atoms with E-state index in [1.54, 1.807) is 45.2 Å². The summed E-state index contributed by atoms with van der Waals surface area (Å²) in [6.45, 7) is 6.16. The number of nitrogens with zero attached hydrogens (tertiary/aromatic N) is 2. The fourth-order valence-electron chi connectivity index (χ4n) is 2.59. The summed E-state index contributed by atoms with van der Waals surface area (Å²) in [6, 6.07) is 3.45. The highest BCUT2D eigenvalue weighted by atomic mass is 32.1. The number of aromatic nitrogens is 2. The molecule has 2 rings (SSSR count). The molecule has 0 aliphatic rings. The molecule has 0 fully saturated rings. The molecule has 0 atom stereocenters. The smallest absolute Gasteiger partial charge is 0.225 e. The van der Waals surface area contributed by atoms with Crippen molar-refractivity contribution in [3.8, 4) is 10.6 Å². The minimum Gasteiger partial charge on any atom is -0.372 e. The van der Waals surface area contributed by atoms with Gasteiger partial charge < -0.3 is 21.5 Å². The Morgan fingerprint density at radius 3 is 2.52 bits per heavy atom. The normalized spacial score (nSPS) is 10.8. The first-order valence-electron chi connectivity index (χ1n) is 9.46. The quantitative estimate of drug-likeness (QED) is 0.176. The Morgan fingerprint density at radius 2 is 1.93 bits per heavy atom. The summed E-state index contributed by atoms with van der Waals surface area (Å²) in [7, 11) is 1.76. The van der Waals surface area contributed by atoms with Crippen molar-refractivity contribution in [3.05, 3.63) is 40.7 Å². The van der Waals surface area contributed by atoms with Crippen molar-refractivity contribution in [2.45, 2.75) is 33.6 Å². The third-order valence-electron chi connectivity index (χ3n) is 4.12. The van der Waals surface area contributed by atoms with Crippen molar-refractivity contribution in [2.75, 3.05) is 24.2 Å². The van der Waals surface area contributed by atoms with Crippen molar-refractivity contribution in [2.24, 2.45) is 0 Å². The summed E-state index contributed by atoms with van der Waals surface area (Å²) in [4.78, 5) is 9.31. The molecule has 0 aromatic carbocycles. The van der Waals surface area contributed by atoms with Crippen LogP contribution in [0.3, 0.4) is 0 Å². The van der Waals surface area contributed by atoms with Crippen LogP contribution < -0.4 is 10.6 Å². The molecule has 0 saturated carbocycles. The van der Waals surface area contributed by atoms with E-state index in [0.29, 0.717) is 39.2 Å². The van der Waals surface area contributed by atoms with E-state index in [2.05, 4.69) is 27.5 Å². The lowest BCUT2D eigenvalue weighted by atomic mass is 10.1. The van der Waals surface area contributed by atoms with Gasteiger partial charge in [0.05, 0.1) is 10.4 Å². The van der Waals surface area contributed by atoms with Crippen LogP contribution in [-0.2, 0) is 0 Å². The Labute approximate surface area is 175 Å². The van der Waals surface area contributed by atoms with Crippen molar-refractivity contribution in [3.63, 3.8) is 0 Å². The second-order valence-corrected chi connectivity index (χ2v) is 7.52. The number of nitrogens with one attached hydrogen (secondary N) is 4. The average molecular weight is 415 g/mol. The van der Waals surface area contributed by atoms with Crippen LogP contribution in [0, 0.1) is 16.8 Å². The minimum atomic E-state index is -0.556. The molecule has 0 aliphatic heterocycles. The number of halogens is 1. The van der Waals surface area contributed by atoms with Crippen LogP contribution in [0.1, 0.15) is 38.5 Å². The zero-order valence-corrected chi connectivity index (χ0v) is 18.0. The van der Waals surface area contributed by atoms with Crippen LogP contribution in [0.15, 0.2) is 29.9 Å². The van der Waals surface area contributed by atoms with Crippen LogP contribution in [0.5, 0.6) is 0 Å². The van der Waals surface area contributed by atoms with Gasteiger partial charge >= 0.3 is 0 Å². The molecule has 0 amide bonds. The maximum atomic E-state index is 14.5. The molecule has 0 unspecified atom stereocenters. The summed E-state index contributed by atoms with van der Waals surface area (Å²) in [6.07, 6.45) is 7.40. The first-order chi connectivity index (χ1) is 13.9. The number of hydrogen-bond donors (Lipinski definition) is 4. The molecule has 8 heteroatoms. The molecule has 2 heterocycles. The molecule has 0 saturated heterocycles. The molecule has 0 bridgehead atoms. The molecule has 0 spiro atoms. The summed E-state index contributed by atoms with van der Waals surface area (Å²) in [5, 5.41) is 22.1. The highest BCUT2D eigenvalue weighted by molar-refractivity contribution is 7.16. The van der Waals surface area contributed by atoms with Gasteiger partial charge in [-0.3, -0.25) is 0 Å². The van der Waals surface area contributed by atoms with Crippen LogP contribution >= 0.6 is 11.3 Å². The number of hydrogen-bond acceptors (Lipinski definition) is 7. The molecular weight excluding hydrogens is 387 g/mol. The molecule has 4 N–H and O–H groups in total. The number of thiazole rings is 1. The largest absolute Gasteiger partial charge is 0.372 e. The van der Waals surface area contributed by atoms with Gasteiger partial charge in [0.1, 0.15) is 16.6 Å². The second kappa shape index (κ2) is 10.6. The predicted molar refractivity (Wildman–Crippen MR) is 122 cm³/mol. The molecule has 154 valence electrons. The topological polar surface area (TPSA) is 97.5 Å². The Bertz CT molecular complexity index is 929. The zero-order chi connectivity index (χ0) is 21.4. The number of rotatable bonds is 10. The van der Waals surface area contributed by atoms with Crippen molar-refractivity contribution < 1.29 is 4.39 Å². The van der Waals surface area contributed by atoms with Crippen LogP contribution in [0.25, 0.3) is 16.6 Å². The monoisotopic (exact) mass is 414 g/mol. The number of unbranched alkanes of at least 4 members (excludes halogenated alkanes) is 1. The van der Waals surface area contributed by atoms with E-state index in [-0.39, 0.29) is 0 Å². The summed E-state index contributed by atoms with van der Waals surface area (Å²) >= 11 is 1.35. The zero-order valence-electron chi connectivity index (χ0n) is 17.2. The maximum Gasteiger partial charge on any atom is 0.225 e. The van der Waals surface area contributed by atoms with E-state index < -0.39 is 5.95 Å². The van der Waals surface area contributed by atoms with Gasteiger partial charge in [0.2, 0.25) is 5.95 Å². The number of anilines is 2. The number of pyridine rings is 1. The highest BCUT2D eigenvalue weighted by Crippen LogP contribution is 2.33. The molecular formula is C21H27FN6S. The molecule has 0 aliphatic carbocycles. The molecule has 29 heavy (non-hydrogen) atoms. The van der Waals surface area contributed by atoms with Gasteiger partial charge in [-0.15, -0.1) is 11.3 Å². The Hall–Kier alpha value is -2.87. The molecule has 2 aromatic heterocycles. The Morgan fingerprint density at radius 1 is 1.21 bits per heavy atom. The standard InChI is InChI=1S/C21H27FN6S/c1-5-6-12-26-18-11-10-16(19(22)27-18)21-28-20(25-4)17(29-21)9-7-8-15(13(2)23)14(3)24/h7-11,23-25H,5-6,12H2,1-4H3,(H,26,27). The van der Waals surface area contributed by atoms with Crippen LogP contribution in [-0.4, -0.2) is 35.0 Å². The van der Waals surface area contributed by atoms with E-state index in [0.717, 1.165) is 24.3 Å². The van der Waals surface area contributed by atoms with Gasteiger partial charge in [0, 0.05) is 30.6 Å². The molecule has 2 aromatic rings. The minimum absolute atomic E-state index is 0.335. The van der Waals surface area contributed by atoms with Gasteiger partial charge in [-0.1, -0.05) is 25.5 Å². The van der Waals surface area contributed by atoms with Crippen molar-refractivity contribution in [1.82, 2.24) is 9.97 Å². The van der Waals surface area contributed by atoms with Gasteiger partial charge in [-0.25, -0.2) is 9.97 Å². The highest BCUT2D eigenvalue weighted by Gasteiger charge is 2.15. The van der Waals surface area contributed by atoms with Gasteiger partial charge in [0.15, 0.2) is 0 Å². The van der Waals surface area contributed by atoms with Crippen LogP contribution in [0.2, 0.25) is 0 Å². The van der Waals surface area contributed by atoms with Crippen LogP contribution in [0.4, 0.5) is 16.0 Å². The Balaban J connectivity index is 2.28. The van der Waals surface area contributed by atoms with Gasteiger partial charge in [-0.2, -0.15) is 4.39 Å². The van der Waals surface area contributed by atoms with E-state index in [1.165, 1.54) is 11.3 Å². The van der Waals surface area contributed by atoms with Gasteiger partial charge in [-0.05, 0) is 38.5 Å². The van der Waals surface area contributed by atoms with E-state index in [4.69, 9.17) is 10.8 Å².